The lowest BCUT2D eigenvalue weighted by Crippen LogP contribution is -2.18. The van der Waals surface area contributed by atoms with Crippen LogP contribution in [0.3, 0.4) is 0 Å². The topological polar surface area (TPSA) is 12.0 Å². The zero-order valence-corrected chi connectivity index (χ0v) is 12.3. The lowest BCUT2D eigenvalue weighted by Gasteiger charge is -2.18. The van der Waals surface area contributed by atoms with Crippen molar-refractivity contribution in [2.24, 2.45) is 0 Å². The maximum absolute atomic E-state index is 3.50. The van der Waals surface area contributed by atoms with Crippen molar-refractivity contribution in [2.45, 2.75) is 33.7 Å². The number of benzene rings is 2. The molecule has 1 atom stereocenters. The lowest BCUT2D eigenvalue weighted by molar-refractivity contribution is 0.599. The Labute approximate surface area is 116 Å². The van der Waals surface area contributed by atoms with Crippen LogP contribution in [-0.2, 0) is 0 Å². The standard InChI is InChI=1S/C18H23N/c1-5-19-15(4)17-8-6-7-9-18(17)16-11-10-13(2)14(3)12-16/h6-12,15,19H,5H2,1-4H3. The van der Waals surface area contributed by atoms with Gasteiger partial charge in [0.1, 0.15) is 0 Å². The third-order valence-corrected chi connectivity index (χ3v) is 3.76. The van der Waals surface area contributed by atoms with Gasteiger partial charge in [0.2, 0.25) is 0 Å². The molecule has 0 amide bonds. The molecule has 0 radical (unpaired) electrons. The van der Waals surface area contributed by atoms with E-state index in [4.69, 9.17) is 0 Å². The summed E-state index contributed by atoms with van der Waals surface area (Å²) in [5, 5.41) is 3.50. The summed E-state index contributed by atoms with van der Waals surface area (Å²) in [6, 6.07) is 15.8. The second kappa shape index (κ2) is 6.03. The number of nitrogens with one attached hydrogen (secondary N) is 1. The Balaban J connectivity index is 2.46. The van der Waals surface area contributed by atoms with Crippen LogP contribution in [0.15, 0.2) is 42.5 Å². The van der Waals surface area contributed by atoms with Crippen LogP contribution in [0.5, 0.6) is 0 Å². The molecule has 0 saturated carbocycles. The van der Waals surface area contributed by atoms with Crippen molar-refractivity contribution in [1.29, 1.82) is 0 Å². The van der Waals surface area contributed by atoms with Gasteiger partial charge in [0.25, 0.3) is 0 Å². The van der Waals surface area contributed by atoms with E-state index in [1.165, 1.54) is 27.8 Å². The minimum absolute atomic E-state index is 0.378. The third-order valence-electron chi connectivity index (χ3n) is 3.76. The summed E-state index contributed by atoms with van der Waals surface area (Å²) in [5.41, 5.74) is 6.71. The van der Waals surface area contributed by atoms with Crippen LogP contribution in [0.25, 0.3) is 11.1 Å². The predicted octanol–water partition coefficient (Wildman–Crippen LogP) is 4.64. The molecule has 0 aromatic heterocycles. The average molecular weight is 253 g/mol. The van der Waals surface area contributed by atoms with E-state index in [0.717, 1.165) is 6.54 Å². The van der Waals surface area contributed by atoms with E-state index >= 15 is 0 Å². The first-order valence-electron chi connectivity index (χ1n) is 7.03. The predicted molar refractivity (Wildman–Crippen MR) is 83.4 cm³/mol. The number of rotatable bonds is 4. The summed E-state index contributed by atoms with van der Waals surface area (Å²) in [5.74, 6) is 0. The van der Waals surface area contributed by atoms with Gasteiger partial charge in [0.15, 0.2) is 0 Å². The van der Waals surface area contributed by atoms with E-state index in [1.54, 1.807) is 0 Å². The Bertz CT molecular complexity index is 557. The molecule has 0 aliphatic rings. The Morgan fingerprint density at radius 3 is 2.42 bits per heavy atom. The van der Waals surface area contributed by atoms with Crippen molar-refractivity contribution in [3.05, 3.63) is 59.2 Å². The van der Waals surface area contributed by atoms with Crippen molar-refractivity contribution in [1.82, 2.24) is 5.32 Å². The zero-order chi connectivity index (χ0) is 13.8. The first kappa shape index (κ1) is 13.8. The average Bonchev–Trinajstić information content (AvgIpc) is 2.42. The third kappa shape index (κ3) is 3.05. The summed E-state index contributed by atoms with van der Waals surface area (Å²) in [6.45, 7) is 9.70. The highest BCUT2D eigenvalue weighted by atomic mass is 14.9. The van der Waals surface area contributed by atoms with Crippen molar-refractivity contribution in [2.75, 3.05) is 6.54 Å². The molecule has 0 aliphatic heterocycles. The first-order chi connectivity index (χ1) is 9.13. The molecule has 2 rings (SSSR count). The molecular weight excluding hydrogens is 230 g/mol. The molecule has 0 aliphatic carbocycles. The smallest absolute Gasteiger partial charge is 0.0297 e. The second-order valence-electron chi connectivity index (χ2n) is 5.17. The molecule has 1 N–H and O–H groups in total. The molecule has 100 valence electrons. The monoisotopic (exact) mass is 253 g/mol. The van der Waals surface area contributed by atoms with Crippen molar-refractivity contribution in [3.8, 4) is 11.1 Å². The highest BCUT2D eigenvalue weighted by Crippen LogP contribution is 2.29. The van der Waals surface area contributed by atoms with Gasteiger partial charge >= 0.3 is 0 Å². The summed E-state index contributed by atoms with van der Waals surface area (Å²) < 4.78 is 0. The van der Waals surface area contributed by atoms with Crippen LogP contribution >= 0.6 is 0 Å². The minimum atomic E-state index is 0.378. The maximum Gasteiger partial charge on any atom is 0.0297 e. The molecule has 0 fully saturated rings. The molecule has 1 unspecified atom stereocenters. The Morgan fingerprint density at radius 2 is 1.74 bits per heavy atom. The Hall–Kier alpha value is -1.60. The fourth-order valence-electron chi connectivity index (χ4n) is 2.46. The normalized spacial score (nSPS) is 12.4. The van der Waals surface area contributed by atoms with Gasteiger partial charge < -0.3 is 5.32 Å². The van der Waals surface area contributed by atoms with Crippen LogP contribution in [0.4, 0.5) is 0 Å². The van der Waals surface area contributed by atoms with Gasteiger partial charge in [-0.25, -0.2) is 0 Å². The van der Waals surface area contributed by atoms with E-state index in [-0.39, 0.29) is 0 Å². The van der Waals surface area contributed by atoms with Gasteiger partial charge in [-0.15, -0.1) is 0 Å². The van der Waals surface area contributed by atoms with E-state index in [0.29, 0.717) is 6.04 Å². The molecule has 1 nitrogen and oxygen atoms in total. The fraction of sp³-hybridized carbons (Fsp3) is 0.333. The van der Waals surface area contributed by atoms with Gasteiger partial charge in [-0.3, -0.25) is 0 Å². The highest BCUT2D eigenvalue weighted by molar-refractivity contribution is 5.69. The van der Waals surface area contributed by atoms with Gasteiger partial charge in [-0.2, -0.15) is 0 Å². The highest BCUT2D eigenvalue weighted by Gasteiger charge is 2.10. The van der Waals surface area contributed by atoms with Gasteiger partial charge in [0.05, 0.1) is 0 Å². The minimum Gasteiger partial charge on any atom is -0.310 e. The van der Waals surface area contributed by atoms with Gasteiger partial charge in [0, 0.05) is 6.04 Å². The van der Waals surface area contributed by atoms with Crippen LogP contribution in [0.2, 0.25) is 0 Å². The molecule has 2 aromatic rings. The van der Waals surface area contributed by atoms with Gasteiger partial charge in [-0.05, 0) is 55.1 Å². The second-order valence-corrected chi connectivity index (χ2v) is 5.17. The SMILES string of the molecule is CCNC(C)c1ccccc1-c1ccc(C)c(C)c1. The van der Waals surface area contributed by atoms with E-state index in [1.807, 2.05) is 0 Å². The molecular formula is C18H23N. The van der Waals surface area contributed by atoms with Crippen molar-refractivity contribution in [3.63, 3.8) is 0 Å². The quantitative estimate of drug-likeness (QED) is 0.837. The summed E-state index contributed by atoms with van der Waals surface area (Å²) >= 11 is 0. The zero-order valence-electron chi connectivity index (χ0n) is 12.3. The van der Waals surface area contributed by atoms with Gasteiger partial charge in [-0.1, -0.05) is 49.4 Å². The Kier molecular flexibility index (Phi) is 4.39. The number of hydrogen-bond donors (Lipinski definition) is 1. The molecule has 0 bridgehead atoms. The first-order valence-corrected chi connectivity index (χ1v) is 7.03. The largest absolute Gasteiger partial charge is 0.310 e. The van der Waals surface area contributed by atoms with Crippen LogP contribution in [0.1, 0.15) is 36.6 Å². The van der Waals surface area contributed by atoms with Crippen molar-refractivity contribution >= 4 is 0 Å². The maximum atomic E-state index is 3.50. The van der Waals surface area contributed by atoms with E-state index in [9.17, 15) is 0 Å². The van der Waals surface area contributed by atoms with Crippen LogP contribution in [0, 0.1) is 13.8 Å². The molecule has 19 heavy (non-hydrogen) atoms. The van der Waals surface area contributed by atoms with Crippen LogP contribution < -0.4 is 5.32 Å². The summed E-state index contributed by atoms with van der Waals surface area (Å²) in [7, 11) is 0. The summed E-state index contributed by atoms with van der Waals surface area (Å²) in [4.78, 5) is 0. The molecule has 0 spiro atoms. The molecule has 0 heterocycles. The number of hydrogen-bond acceptors (Lipinski definition) is 1. The van der Waals surface area contributed by atoms with Crippen LogP contribution in [-0.4, -0.2) is 6.54 Å². The lowest BCUT2D eigenvalue weighted by atomic mass is 9.93. The summed E-state index contributed by atoms with van der Waals surface area (Å²) in [6.07, 6.45) is 0. The van der Waals surface area contributed by atoms with Crippen molar-refractivity contribution < 1.29 is 0 Å². The molecule has 2 aromatic carbocycles. The van der Waals surface area contributed by atoms with E-state index in [2.05, 4.69) is 75.5 Å². The molecule has 1 heteroatoms. The fourth-order valence-corrected chi connectivity index (χ4v) is 2.46. The number of aryl methyl sites for hydroxylation is 2. The van der Waals surface area contributed by atoms with E-state index < -0.39 is 0 Å². The molecule has 0 saturated heterocycles. The Morgan fingerprint density at radius 1 is 1.00 bits per heavy atom.